The maximum Gasteiger partial charge on any atom is 0.325 e. The van der Waals surface area contributed by atoms with E-state index in [1.165, 1.54) is 0 Å². The van der Waals surface area contributed by atoms with E-state index in [9.17, 15) is 14.4 Å². The molecule has 1 atom stereocenters. The van der Waals surface area contributed by atoms with Crippen molar-refractivity contribution in [2.75, 3.05) is 13.3 Å². The van der Waals surface area contributed by atoms with E-state index >= 15 is 0 Å². The molecule has 0 saturated carbocycles. The van der Waals surface area contributed by atoms with Crippen LogP contribution in [0.2, 0.25) is 0 Å². The molecule has 134 valence electrons. The Morgan fingerprint density at radius 2 is 1.92 bits per heavy atom. The molecule has 0 aromatic heterocycles. The van der Waals surface area contributed by atoms with Crippen LogP contribution in [0.5, 0.6) is 11.5 Å². The quantitative estimate of drug-likeness (QED) is 0.842. The zero-order valence-electron chi connectivity index (χ0n) is 14.8. The van der Waals surface area contributed by atoms with Crippen molar-refractivity contribution in [1.29, 1.82) is 0 Å². The largest absolute Gasteiger partial charge is 0.454 e. The predicted octanol–water partition coefficient (Wildman–Crippen LogP) is 1.88. The van der Waals surface area contributed by atoms with Crippen LogP contribution in [-0.4, -0.2) is 41.5 Å². The molecule has 0 bridgehead atoms. The van der Waals surface area contributed by atoms with Crippen LogP contribution in [0.1, 0.15) is 33.3 Å². The summed E-state index contributed by atoms with van der Waals surface area (Å²) in [6, 6.07) is 4.88. The summed E-state index contributed by atoms with van der Waals surface area (Å²) >= 11 is 0. The Morgan fingerprint density at radius 1 is 1.24 bits per heavy atom. The third-order valence-electron chi connectivity index (χ3n) is 4.48. The molecule has 2 heterocycles. The fraction of sp³-hybridized carbons (Fsp3) is 0.500. The molecular formula is C18H22N2O5. The Morgan fingerprint density at radius 3 is 2.60 bits per heavy atom. The standard InChI is InChI=1S/C18H22N2O5/c1-17(2,3)14(21)9-20-15(22)18(4,19-16(20)23)8-11-5-6-12-13(7-11)25-10-24-12/h5-7H,8-10H2,1-4H3,(H,19,23)/t18-/m1/s1. The number of carbonyl (C=O) groups is 3. The Kier molecular flexibility index (Phi) is 3.97. The lowest BCUT2D eigenvalue weighted by Crippen LogP contribution is -2.46. The third-order valence-corrected chi connectivity index (χ3v) is 4.48. The molecule has 1 fully saturated rings. The van der Waals surface area contributed by atoms with Gasteiger partial charge in [0.15, 0.2) is 17.3 Å². The van der Waals surface area contributed by atoms with Crippen molar-refractivity contribution < 1.29 is 23.9 Å². The molecule has 0 radical (unpaired) electrons. The molecule has 1 saturated heterocycles. The van der Waals surface area contributed by atoms with Gasteiger partial charge in [0.05, 0.1) is 6.54 Å². The highest BCUT2D eigenvalue weighted by Gasteiger charge is 2.48. The van der Waals surface area contributed by atoms with Crippen molar-refractivity contribution in [3.05, 3.63) is 23.8 Å². The molecule has 2 aliphatic heterocycles. The zero-order chi connectivity index (χ0) is 18.4. The van der Waals surface area contributed by atoms with Gasteiger partial charge in [0.2, 0.25) is 6.79 Å². The number of ether oxygens (including phenoxy) is 2. The lowest BCUT2D eigenvalue weighted by Gasteiger charge is -2.23. The Bertz CT molecular complexity index is 752. The summed E-state index contributed by atoms with van der Waals surface area (Å²) in [4.78, 5) is 38.2. The van der Waals surface area contributed by atoms with E-state index in [0.29, 0.717) is 17.9 Å². The van der Waals surface area contributed by atoms with Crippen molar-refractivity contribution in [3.63, 3.8) is 0 Å². The number of nitrogens with zero attached hydrogens (tertiary/aromatic N) is 1. The first-order valence-corrected chi connectivity index (χ1v) is 8.16. The van der Waals surface area contributed by atoms with Gasteiger partial charge in [-0.05, 0) is 24.6 Å². The van der Waals surface area contributed by atoms with E-state index < -0.39 is 22.9 Å². The topological polar surface area (TPSA) is 84.9 Å². The predicted molar refractivity (Wildman–Crippen MR) is 89.4 cm³/mol. The summed E-state index contributed by atoms with van der Waals surface area (Å²) in [5, 5.41) is 2.72. The van der Waals surface area contributed by atoms with Gasteiger partial charge in [-0.25, -0.2) is 4.79 Å². The summed E-state index contributed by atoms with van der Waals surface area (Å²) < 4.78 is 10.6. The van der Waals surface area contributed by atoms with Crippen molar-refractivity contribution in [1.82, 2.24) is 10.2 Å². The summed E-state index contributed by atoms with van der Waals surface area (Å²) in [6.07, 6.45) is 0.300. The van der Waals surface area contributed by atoms with Gasteiger partial charge in [0.1, 0.15) is 5.54 Å². The second-order valence-electron chi connectivity index (χ2n) is 7.69. The summed E-state index contributed by atoms with van der Waals surface area (Å²) in [7, 11) is 0. The average Bonchev–Trinajstić information content (AvgIpc) is 3.04. The van der Waals surface area contributed by atoms with Gasteiger partial charge in [-0.1, -0.05) is 26.8 Å². The minimum absolute atomic E-state index is 0.164. The zero-order valence-corrected chi connectivity index (χ0v) is 14.8. The molecule has 1 aromatic carbocycles. The SMILES string of the molecule is CC(C)(C)C(=O)CN1C(=O)N[C@](C)(Cc2ccc3c(c2)OCO3)C1=O. The number of nitrogens with one attached hydrogen (secondary N) is 1. The van der Waals surface area contributed by atoms with Gasteiger partial charge in [-0.3, -0.25) is 14.5 Å². The van der Waals surface area contributed by atoms with E-state index in [4.69, 9.17) is 9.47 Å². The lowest BCUT2D eigenvalue weighted by molar-refractivity contribution is -0.136. The Balaban J connectivity index is 1.77. The number of benzene rings is 1. The molecule has 7 heteroatoms. The molecule has 0 aliphatic carbocycles. The number of Topliss-reactive ketones (excluding diaryl/α,β-unsaturated/α-hetero) is 1. The molecule has 3 amide bonds. The van der Waals surface area contributed by atoms with Crippen molar-refractivity contribution in [3.8, 4) is 11.5 Å². The molecular weight excluding hydrogens is 324 g/mol. The van der Waals surface area contributed by atoms with Gasteiger partial charge < -0.3 is 14.8 Å². The Labute approximate surface area is 146 Å². The minimum Gasteiger partial charge on any atom is -0.454 e. The van der Waals surface area contributed by atoms with E-state index in [1.54, 1.807) is 39.8 Å². The number of hydrogen-bond acceptors (Lipinski definition) is 5. The number of rotatable bonds is 4. The van der Waals surface area contributed by atoms with Crippen LogP contribution in [0.4, 0.5) is 4.79 Å². The van der Waals surface area contributed by atoms with Crippen LogP contribution in [0.3, 0.4) is 0 Å². The van der Waals surface area contributed by atoms with Crippen LogP contribution >= 0.6 is 0 Å². The van der Waals surface area contributed by atoms with Crippen LogP contribution in [0, 0.1) is 5.41 Å². The number of hydrogen-bond donors (Lipinski definition) is 1. The molecule has 0 spiro atoms. The maximum atomic E-state index is 12.8. The molecule has 25 heavy (non-hydrogen) atoms. The smallest absolute Gasteiger partial charge is 0.325 e. The fourth-order valence-electron chi connectivity index (χ4n) is 2.85. The number of amides is 3. The highest BCUT2D eigenvalue weighted by atomic mass is 16.7. The summed E-state index contributed by atoms with van der Waals surface area (Å²) in [5.41, 5.74) is -0.871. The number of urea groups is 1. The normalized spacial score (nSPS) is 22.3. The van der Waals surface area contributed by atoms with Crippen molar-refractivity contribution >= 4 is 17.7 Å². The van der Waals surface area contributed by atoms with Gasteiger partial charge in [0, 0.05) is 11.8 Å². The highest BCUT2D eigenvalue weighted by molar-refractivity contribution is 6.09. The van der Waals surface area contributed by atoms with Gasteiger partial charge in [-0.15, -0.1) is 0 Å². The first kappa shape index (κ1) is 17.3. The van der Waals surface area contributed by atoms with E-state index in [-0.39, 0.29) is 19.1 Å². The van der Waals surface area contributed by atoms with Gasteiger partial charge in [0.25, 0.3) is 5.91 Å². The van der Waals surface area contributed by atoms with Crippen molar-refractivity contribution in [2.24, 2.45) is 5.41 Å². The second kappa shape index (κ2) is 5.75. The number of ketones is 1. The van der Waals surface area contributed by atoms with Crippen LogP contribution in [-0.2, 0) is 16.0 Å². The fourth-order valence-corrected chi connectivity index (χ4v) is 2.85. The summed E-state index contributed by atoms with van der Waals surface area (Å²) in [6.45, 7) is 6.91. The van der Waals surface area contributed by atoms with E-state index in [2.05, 4.69) is 5.32 Å². The monoisotopic (exact) mass is 346 g/mol. The molecule has 1 N–H and O–H groups in total. The minimum atomic E-state index is -1.09. The number of carbonyl (C=O) groups excluding carboxylic acids is 3. The Hall–Kier alpha value is -2.57. The highest BCUT2D eigenvalue weighted by Crippen LogP contribution is 2.34. The van der Waals surface area contributed by atoms with E-state index in [1.807, 2.05) is 6.07 Å². The number of fused-ring (bicyclic) bond motifs is 1. The van der Waals surface area contributed by atoms with Crippen molar-refractivity contribution in [2.45, 2.75) is 39.7 Å². The van der Waals surface area contributed by atoms with Gasteiger partial charge >= 0.3 is 6.03 Å². The van der Waals surface area contributed by atoms with Crippen LogP contribution < -0.4 is 14.8 Å². The molecule has 0 unspecified atom stereocenters. The van der Waals surface area contributed by atoms with E-state index in [0.717, 1.165) is 10.5 Å². The lowest BCUT2D eigenvalue weighted by atomic mass is 9.89. The first-order chi connectivity index (χ1) is 11.6. The van der Waals surface area contributed by atoms with Gasteiger partial charge in [-0.2, -0.15) is 0 Å². The van der Waals surface area contributed by atoms with Crippen LogP contribution in [0.15, 0.2) is 18.2 Å². The number of imide groups is 1. The first-order valence-electron chi connectivity index (χ1n) is 8.16. The molecule has 2 aliphatic rings. The third kappa shape index (κ3) is 3.18. The molecule has 3 rings (SSSR count). The maximum absolute atomic E-state index is 12.8. The molecule has 7 nitrogen and oxygen atoms in total. The molecule has 1 aromatic rings. The second-order valence-corrected chi connectivity index (χ2v) is 7.69. The summed E-state index contributed by atoms with van der Waals surface area (Å²) in [5.74, 6) is 0.724. The van der Waals surface area contributed by atoms with Crippen LogP contribution in [0.25, 0.3) is 0 Å². The average molecular weight is 346 g/mol.